The summed E-state index contributed by atoms with van der Waals surface area (Å²) in [5, 5.41) is 0. The molecule has 0 aliphatic rings. The zero-order chi connectivity index (χ0) is 15.8. The molecule has 120 valence electrons. The van der Waals surface area contributed by atoms with Gasteiger partial charge in [0.25, 0.3) is 0 Å². The lowest BCUT2D eigenvalue weighted by molar-refractivity contribution is -0.166. The van der Waals surface area contributed by atoms with Crippen LogP contribution in [0, 0.1) is 23.2 Å². The Balaban J connectivity index is 4.99. The Hall–Kier alpha value is -0.570. The quantitative estimate of drug-likeness (QED) is 0.562. The Labute approximate surface area is 125 Å². The van der Waals surface area contributed by atoms with Crippen LogP contribution in [-0.2, 0) is 14.3 Å². The predicted molar refractivity (Wildman–Crippen MR) is 83.6 cm³/mol. The summed E-state index contributed by atoms with van der Waals surface area (Å²) in [5.74, 6) is 1.07. The van der Waals surface area contributed by atoms with Crippen molar-refractivity contribution in [1.29, 1.82) is 0 Å². The third-order valence-corrected chi connectivity index (χ3v) is 3.79. The van der Waals surface area contributed by atoms with E-state index in [-0.39, 0.29) is 11.9 Å². The number of hydrogen-bond donors (Lipinski definition) is 0. The number of hydrogen-bond acceptors (Lipinski definition) is 3. The molecule has 3 heteroatoms. The molecule has 3 nitrogen and oxygen atoms in total. The lowest BCUT2D eigenvalue weighted by atomic mass is 9.73. The molecule has 0 aliphatic carbocycles. The zero-order valence-electron chi connectivity index (χ0n) is 14.5. The van der Waals surface area contributed by atoms with Gasteiger partial charge in [-0.3, -0.25) is 4.79 Å². The molecule has 0 spiro atoms. The molecular formula is C17H34O3. The van der Waals surface area contributed by atoms with Crippen molar-refractivity contribution in [2.24, 2.45) is 23.2 Å². The Morgan fingerprint density at radius 3 is 2.05 bits per heavy atom. The van der Waals surface area contributed by atoms with Crippen LogP contribution in [0.2, 0.25) is 0 Å². The predicted octanol–water partition coefficient (Wildman–Crippen LogP) is 4.30. The van der Waals surface area contributed by atoms with E-state index in [0.29, 0.717) is 31.7 Å². The Morgan fingerprint density at radius 1 is 1.05 bits per heavy atom. The molecule has 0 bridgehead atoms. The normalized spacial score (nSPS) is 14.9. The van der Waals surface area contributed by atoms with Gasteiger partial charge in [0.2, 0.25) is 0 Å². The van der Waals surface area contributed by atoms with Gasteiger partial charge >= 0.3 is 5.97 Å². The van der Waals surface area contributed by atoms with E-state index in [0.717, 1.165) is 12.8 Å². The van der Waals surface area contributed by atoms with E-state index >= 15 is 0 Å². The van der Waals surface area contributed by atoms with E-state index in [1.165, 1.54) is 0 Å². The van der Waals surface area contributed by atoms with Gasteiger partial charge in [0.15, 0.2) is 0 Å². The highest BCUT2D eigenvalue weighted by molar-refractivity contribution is 5.77. The third-order valence-electron chi connectivity index (χ3n) is 3.79. The summed E-state index contributed by atoms with van der Waals surface area (Å²) in [7, 11) is 0. The van der Waals surface area contributed by atoms with Gasteiger partial charge in [0, 0.05) is 6.61 Å². The molecule has 0 rings (SSSR count). The average Bonchev–Trinajstić information content (AvgIpc) is 2.35. The van der Waals surface area contributed by atoms with Crippen molar-refractivity contribution >= 4 is 5.97 Å². The van der Waals surface area contributed by atoms with Gasteiger partial charge in [-0.1, -0.05) is 41.5 Å². The van der Waals surface area contributed by atoms with E-state index in [9.17, 15) is 4.79 Å². The first-order valence-corrected chi connectivity index (χ1v) is 8.01. The first kappa shape index (κ1) is 19.4. The van der Waals surface area contributed by atoms with Crippen LogP contribution in [0.1, 0.15) is 61.3 Å². The number of rotatable bonds is 10. The summed E-state index contributed by atoms with van der Waals surface area (Å²) >= 11 is 0. The van der Waals surface area contributed by atoms with Gasteiger partial charge in [0.05, 0.1) is 18.6 Å². The number of ether oxygens (including phenoxy) is 2. The topological polar surface area (TPSA) is 35.5 Å². The van der Waals surface area contributed by atoms with Crippen molar-refractivity contribution in [3.8, 4) is 0 Å². The van der Waals surface area contributed by atoms with E-state index in [1.54, 1.807) is 0 Å². The lowest BCUT2D eigenvalue weighted by Gasteiger charge is -2.35. The smallest absolute Gasteiger partial charge is 0.314 e. The minimum absolute atomic E-state index is 0.0877. The molecule has 0 saturated carbocycles. The van der Waals surface area contributed by atoms with E-state index < -0.39 is 5.41 Å². The highest BCUT2D eigenvalue weighted by Crippen LogP contribution is 2.36. The van der Waals surface area contributed by atoms with Crippen LogP contribution in [-0.4, -0.2) is 25.8 Å². The number of carbonyl (C=O) groups excluding carboxylic acids is 1. The fraction of sp³-hybridized carbons (Fsp3) is 0.941. The maximum atomic E-state index is 12.6. The van der Waals surface area contributed by atoms with Gasteiger partial charge in [-0.05, 0) is 37.5 Å². The van der Waals surface area contributed by atoms with E-state index in [2.05, 4.69) is 41.5 Å². The SMILES string of the molecule is CCOCC(CCC(C)C)(C(=O)OCC(C)C)C(C)C. The second-order valence-electron chi connectivity index (χ2n) is 6.87. The summed E-state index contributed by atoms with van der Waals surface area (Å²) < 4.78 is 11.2. The summed E-state index contributed by atoms with van der Waals surface area (Å²) in [5.41, 5.74) is -0.505. The maximum Gasteiger partial charge on any atom is 0.314 e. The van der Waals surface area contributed by atoms with Crippen LogP contribution >= 0.6 is 0 Å². The van der Waals surface area contributed by atoms with Crippen molar-refractivity contribution in [2.45, 2.75) is 61.3 Å². The van der Waals surface area contributed by atoms with Crippen LogP contribution in [0.3, 0.4) is 0 Å². The molecule has 0 radical (unpaired) electrons. The van der Waals surface area contributed by atoms with Crippen LogP contribution in [0.4, 0.5) is 0 Å². The molecule has 0 heterocycles. The van der Waals surface area contributed by atoms with Gasteiger partial charge in [0.1, 0.15) is 0 Å². The molecule has 20 heavy (non-hydrogen) atoms. The molecule has 0 fully saturated rings. The van der Waals surface area contributed by atoms with Crippen molar-refractivity contribution in [3.63, 3.8) is 0 Å². The lowest BCUT2D eigenvalue weighted by Crippen LogP contribution is -2.43. The van der Waals surface area contributed by atoms with Crippen molar-refractivity contribution in [3.05, 3.63) is 0 Å². The molecule has 1 atom stereocenters. The Morgan fingerprint density at radius 2 is 1.65 bits per heavy atom. The van der Waals surface area contributed by atoms with E-state index in [1.807, 2.05) is 6.92 Å². The van der Waals surface area contributed by atoms with Gasteiger partial charge < -0.3 is 9.47 Å². The largest absolute Gasteiger partial charge is 0.465 e. The van der Waals surface area contributed by atoms with Crippen LogP contribution in [0.5, 0.6) is 0 Å². The summed E-state index contributed by atoms with van der Waals surface area (Å²) in [6.07, 6.45) is 1.85. The molecule has 1 unspecified atom stereocenters. The third kappa shape index (κ3) is 6.25. The average molecular weight is 286 g/mol. The summed E-state index contributed by atoms with van der Waals surface area (Å²) in [6, 6.07) is 0. The number of esters is 1. The Kier molecular flexibility index (Phi) is 9.11. The molecule has 0 saturated heterocycles. The highest BCUT2D eigenvalue weighted by Gasteiger charge is 2.43. The van der Waals surface area contributed by atoms with Crippen LogP contribution in [0.25, 0.3) is 0 Å². The first-order chi connectivity index (χ1) is 9.26. The molecule has 0 aromatic rings. The molecule has 0 aromatic heterocycles. The van der Waals surface area contributed by atoms with Gasteiger partial charge in [-0.15, -0.1) is 0 Å². The zero-order valence-corrected chi connectivity index (χ0v) is 14.5. The summed E-state index contributed by atoms with van der Waals surface area (Å²) in [4.78, 5) is 12.6. The molecule has 0 aromatic carbocycles. The van der Waals surface area contributed by atoms with E-state index in [4.69, 9.17) is 9.47 Å². The van der Waals surface area contributed by atoms with Gasteiger partial charge in [-0.2, -0.15) is 0 Å². The maximum absolute atomic E-state index is 12.6. The standard InChI is InChI=1S/C17H34O3/c1-8-19-12-17(15(6)7,10-9-13(2)3)16(18)20-11-14(4)5/h13-15H,8-12H2,1-7H3. The summed E-state index contributed by atoms with van der Waals surface area (Å²) in [6.45, 7) is 16.2. The minimum atomic E-state index is -0.505. The van der Waals surface area contributed by atoms with Crippen molar-refractivity contribution < 1.29 is 14.3 Å². The second-order valence-corrected chi connectivity index (χ2v) is 6.87. The Bertz CT molecular complexity index is 271. The minimum Gasteiger partial charge on any atom is -0.465 e. The molecule has 0 N–H and O–H groups in total. The molecule has 0 aliphatic heterocycles. The fourth-order valence-electron chi connectivity index (χ4n) is 2.14. The van der Waals surface area contributed by atoms with Crippen LogP contribution in [0.15, 0.2) is 0 Å². The highest BCUT2D eigenvalue weighted by atomic mass is 16.5. The first-order valence-electron chi connectivity index (χ1n) is 8.01. The van der Waals surface area contributed by atoms with Crippen molar-refractivity contribution in [2.75, 3.05) is 19.8 Å². The molecular weight excluding hydrogens is 252 g/mol. The van der Waals surface area contributed by atoms with Crippen molar-refractivity contribution in [1.82, 2.24) is 0 Å². The monoisotopic (exact) mass is 286 g/mol. The van der Waals surface area contributed by atoms with Gasteiger partial charge in [-0.25, -0.2) is 0 Å². The second kappa shape index (κ2) is 9.38. The number of carbonyl (C=O) groups is 1. The fourth-order valence-corrected chi connectivity index (χ4v) is 2.14. The molecule has 0 amide bonds. The van der Waals surface area contributed by atoms with Crippen LogP contribution < -0.4 is 0 Å².